The van der Waals surface area contributed by atoms with Gasteiger partial charge in [0.1, 0.15) is 0 Å². The van der Waals surface area contributed by atoms with Crippen LogP contribution in [0.25, 0.3) is 11.5 Å². The van der Waals surface area contributed by atoms with Crippen molar-refractivity contribution in [2.24, 2.45) is 0 Å². The maximum absolute atomic E-state index is 5.06. The molecule has 2 aromatic rings. The highest BCUT2D eigenvalue weighted by Gasteiger charge is 2.05. The topological polar surface area (TPSA) is 48.2 Å². The lowest BCUT2D eigenvalue weighted by atomic mass is 10.1. The molecule has 0 unspecified atom stereocenters. The molecule has 0 aliphatic carbocycles. The van der Waals surface area contributed by atoms with Crippen LogP contribution in [0.2, 0.25) is 0 Å². The molecule has 0 amide bonds. The first-order chi connectivity index (χ1) is 7.29. The van der Waals surface area contributed by atoms with E-state index in [1.54, 1.807) is 14.0 Å². The normalized spacial score (nSPS) is 10.5. The molecule has 0 saturated carbocycles. The van der Waals surface area contributed by atoms with Gasteiger partial charge < -0.3 is 9.26 Å². The molecule has 78 valence electrons. The minimum absolute atomic E-state index is 0.552. The highest BCUT2D eigenvalue weighted by atomic mass is 16.5. The van der Waals surface area contributed by atoms with E-state index in [2.05, 4.69) is 10.1 Å². The van der Waals surface area contributed by atoms with Gasteiger partial charge in [-0.3, -0.25) is 0 Å². The Bertz CT molecular complexity index is 434. The molecule has 0 radical (unpaired) electrons. The Labute approximate surface area is 87.9 Å². The minimum atomic E-state index is 0.552. The van der Waals surface area contributed by atoms with E-state index in [0.717, 1.165) is 11.1 Å². The lowest BCUT2D eigenvalue weighted by molar-refractivity contribution is 0.185. The number of rotatable bonds is 3. The largest absolute Gasteiger partial charge is 0.380 e. The van der Waals surface area contributed by atoms with Gasteiger partial charge in [0.15, 0.2) is 5.82 Å². The molecule has 1 aromatic carbocycles. The molecular weight excluding hydrogens is 192 g/mol. The Morgan fingerprint density at radius 1 is 1.27 bits per heavy atom. The number of benzene rings is 1. The molecule has 0 bridgehead atoms. The van der Waals surface area contributed by atoms with Crippen molar-refractivity contribution in [3.8, 4) is 11.5 Å². The van der Waals surface area contributed by atoms with Crippen molar-refractivity contribution in [2.45, 2.75) is 13.5 Å². The fraction of sp³-hybridized carbons (Fsp3) is 0.273. The Balaban J connectivity index is 2.23. The number of hydrogen-bond acceptors (Lipinski definition) is 4. The summed E-state index contributed by atoms with van der Waals surface area (Å²) >= 11 is 0. The van der Waals surface area contributed by atoms with Gasteiger partial charge >= 0.3 is 0 Å². The predicted molar refractivity (Wildman–Crippen MR) is 55.2 cm³/mol. The Kier molecular flexibility index (Phi) is 2.78. The average molecular weight is 204 g/mol. The van der Waals surface area contributed by atoms with E-state index in [-0.39, 0.29) is 0 Å². The van der Waals surface area contributed by atoms with E-state index < -0.39 is 0 Å². The first-order valence-corrected chi connectivity index (χ1v) is 4.68. The Hall–Kier alpha value is -1.68. The molecule has 0 spiro atoms. The van der Waals surface area contributed by atoms with E-state index in [9.17, 15) is 0 Å². The van der Waals surface area contributed by atoms with Crippen molar-refractivity contribution in [1.82, 2.24) is 10.1 Å². The summed E-state index contributed by atoms with van der Waals surface area (Å²) in [6.07, 6.45) is 0. The number of aromatic nitrogens is 2. The van der Waals surface area contributed by atoms with E-state index >= 15 is 0 Å². The summed E-state index contributed by atoms with van der Waals surface area (Å²) < 4.78 is 10.1. The lowest BCUT2D eigenvalue weighted by Crippen LogP contribution is -1.87. The van der Waals surface area contributed by atoms with Gasteiger partial charge in [-0.2, -0.15) is 4.98 Å². The third kappa shape index (κ3) is 2.22. The number of methoxy groups -OCH3 is 1. The van der Waals surface area contributed by atoms with E-state index in [1.165, 1.54) is 0 Å². The van der Waals surface area contributed by atoms with Crippen molar-refractivity contribution in [3.05, 3.63) is 35.7 Å². The van der Waals surface area contributed by atoms with Crippen LogP contribution in [0.15, 0.2) is 28.8 Å². The molecule has 0 aliphatic heterocycles. The molecule has 4 heteroatoms. The molecular formula is C11H12N2O2. The zero-order valence-electron chi connectivity index (χ0n) is 8.73. The molecule has 4 nitrogen and oxygen atoms in total. The number of nitrogens with zero attached hydrogens (tertiary/aromatic N) is 2. The number of hydrogen-bond donors (Lipinski definition) is 0. The molecule has 15 heavy (non-hydrogen) atoms. The molecule has 0 atom stereocenters. The summed E-state index contributed by atoms with van der Waals surface area (Å²) in [4.78, 5) is 4.15. The second-order valence-electron chi connectivity index (χ2n) is 3.28. The van der Waals surface area contributed by atoms with E-state index in [0.29, 0.717) is 18.3 Å². The van der Waals surface area contributed by atoms with Gasteiger partial charge in [0.05, 0.1) is 6.61 Å². The molecule has 0 fully saturated rings. The maximum atomic E-state index is 5.06. The van der Waals surface area contributed by atoms with Crippen molar-refractivity contribution in [1.29, 1.82) is 0 Å². The summed E-state index contributed by atoms with van der Waals surface area (Å²) in [5.41, 5.74) is 2.05. The zero-order valence-corrected chi connectivity index (χ0v) is 8.73. The Morgan fingerprint density at radius 2 is 2.00 bits per heavy atom. The van der Waals surface area contributed by atoms with Gasteiger partial charge in [0.2, 0.25) is 0 Å². The van der Waals surface area contributed by atoms with Gasteiger partial charge in [-0.1, -0.05) is 17.3 Å². The van der Waals surface area contributed by atoms with Crippen LogP contribution in [0.4, 0.5) is 0 Å². The quantitative estimate of drug-likeness (QED) is 0.768. The van der Waals surface area contributed by atoms with Crippen LogP contribution >= 0.6 is 0 Å². The highest BCUT2D eigenvalue weighted by Crippen LogP contribution is 2.17. The maximum Gasteiger partial charge on any atom is 0.257 e. The third-order valence-corrected chi connectivity index (χ3v) is 2.04. The van der Waals surface area contributed by atoms with Gasteiger partial charge in [-0.25, -0.2) is 0 Å². The van der Waals surface area contributed by atoms with E-state index in [4.69, 9.17) is 9.26 Å². The summed E-state index contributed by atoms with van der Waals surface area (Å²) in [6, 6.07) is 7.86. The predicted octanol–water partition coefficient (Wildman–Crippen LogP) is 2.19. The SMILES string of the molecule is COCc1ccc(-c2nc(C)no2)cc1. The molecule has 0 N–H and O–H groups in total. The monoisotopic (exact) mass is 204 g/mol. The second-order valence-corrected chi connectivity index (χ2v) is 3.28. The van der Waals surface area contributed by atoms with Gasteiger partial charge in [0.25, 0.3) is 5.89 Å². The van der Waals surface area contributed by atoms with Crippen molar-refractivity contribution in [2.75, 3.05) is 7.11 Å². The minimum Gasteiger partial charge on any atom is -0.380 e. The van der Waals surface area contributed by atoms with Crippen molar-refractivity contribution >= 4 is 0 Å². The zero-order chi connectivity index (χ0) is 10.7. The average Bonchev–Trinajstić information content (AvgIpc) is 2.67. The summed E-state index contributed by atoms with van der Waals surface area (Å²) in [5.74, 6) is 1.20. The van der Waals surface area contributed by atoms with Crippen LogP contribution in [0.1, 0.15) is 11.4 Å². The van der Waals surface area contributed by atoms with E-state index in [1.807, 2.05) is 24.3 Å². The van der Waals surface area contributed by atoms with Gasteiger partial charge in [0, 0.05) is 12.7 Å². The number of ether oxygens (including phenoxy) is 1. The smallest absolute Gasteiger partial charge is 0.257 e. The highest BCUT2D eigenvalue weighted by molar-refractivity contribution is 5.53. The molecule has 0 aliphatic rings. The summed E-state index contributed by atoms with van der Waals surface area (Å²) in [5, 5.41) is 3.74. The van der Waals surface area contributed by atoms with Crippen LogP contribution in [0.5, 0.6) is 0 Å². The van der Waals surface area contributed by atoms with Gasteiger partial charge in [-0.05, 0) is 24.6 Å². The summed E-state index contributed by atoms with van der Waals surface area (Å²) in [7, 11) is 1.68. The Morgan fingerprint density at radius 3 is 2.53 bits per heavy atom. The molecule has 0 saturated heterocycles. The van der Waals surface area contributed by atoms with Gasteiger partial charge in [-0.15, -0.1) is 0 Å². The van der Waals surface area contributed by atoms with Crippen molar-refractivity contribution < 1.29 is 9.26 Å². The van der Waals surface area contributed by atoms with Crippen LogP contribution < -0.4 is 0 Å². The fourth-order valence-electron chi connectivity index (χ4n) is 1.32. The molecule has 1 heterocycles. The first kappa shape index (κ1) is 9.86. The fourth-order valence-corrected chi connectivity index (χ4v) is 1.32. The van der Waals surface area contributed by atoms with Crippen molar-refractivity contribution in [3.63, 3.8) is 0 Å². The summed E-state index contributed by atoms with van der Waals surface area (Å²) in [6.45, 7) is 2.41. The standard InChI is InChI=1S/C11H12N2O2/c1-8-12-11(15-13-8)10-5-3-9(4-6-10)7-14-2/h3-6H,7H2,1-2H3. The third-order valence-electron chi connectivity index (χ3n) is 2.04. The molecule has 2 rings (SSSR count). The lowest BCUT2D eigenvalue weighted by Gasteiger charge is -1.99. The van der Waals surface area contributed by atoms with Crippen LogP contribution in [0, 0.1) is 6.92 Å². The first-order valence-electron chi connectivity index (χ1n) is 4.68. The molecule has 1 aromatic heterocycles. The number of aryl methyl sites for hydroxylation is 1. The van der Waals surface area contributed by atoms with Crippen LogP contribution in [0.3, 0.4) is 0 Å². The van der Waals surface area contributed by atoms with Crippen LogP contribution in [-0.4, -0.2) is 17.3 Å². The second kappa shape index (κ2) is 4.23. The van der Waals surface area contributed by atoms with Crippen LogP contribution in [-0.2, 0) is 11.3 Å².